The molecule has 8 heteroatoms. The van der Waals surface area contributed by atoms with E-state index in [2.05, 4.69) is 10.6 Å². The molecule has 3 N–H and O–H groups in total. The summed E-state index contributed by atoms with van der Waals surface area (Å²) in [5.41, 5.74) is -1.08. The number of ketones is 1. The van der Waals surface area contributed by atoms with Crippen molar-refractivity contribution in [3.63, 3.8) is 0 Å². The van der Waals surface area contributed by atoms with Gasteiger partial charge < -0.3 is 15.7 Å². The number of carboxylic acid groups (broad SMARTS) is 1. The minimum Gasteiger partial charge on any atom is -0.481 e. The van der Waals surface area contributed by atoms with Crippen molar-refractivity contribution in [3.05, 3.63) is 0 Å². The zero-order chi connectivity index (χ0) is 21.4. The van der Waals surface area contributed by atoms with Crippen molar-refractivity contribution >= 4 is 34.5 Å². The SMILES string of the molecule is CCC(=O)SC[C@H](NC(=O)[C@H](CCC(=O)O)NC(C)(C)C)C(=O)C(C)(C)C. The number of Topliss-reactive ketones (excluding diaryl/α,β-unsaturated/α-hetero) is 1. The second-order valence-corrected chi connectivity index (χ2v) is 9.67. The van der Waals surface area contributed by atoms with E-state index in [9.17, 15) is 19.2 Å². The number of nitrogens with one attached hydrogen (secondary N) is 2. The molecule has 0 aliphatic heterocycles. The van der Waals surface area contributed by atoms with Crippen molar-refractivity contribution in [1.29, 1.82) is 0 Å². The van der Waals surface area contributed by atoms with Crippen molar-refractivity contribution in [2.45, 2.75) is 85.4 Å². The van der Waals surface area contributed by atoms with Crippen LogP contribution in [0.5, 0.6) is 0 Å². The molecule has 0 saturated carbocycles. The van der Waals surface area contributed by atoms with Crippen molar-refractivity contribution < 1.29 is 24.3 Å². The molecule has 0 bridgehead atoms. The molecule has 0 spiro atoms. The van der Waals surface area contributed by atoms with Crippen LogP contribution in [0.4, 0.5) is 0 Å². The first-order chi connectivity index (χ1) is 12.2. The summed E-state index contributed by atoms with van der Waals surface area (Å²) in [6.07, 6.45) is 0.292. The van der Waals surface area contributed by atoms with Crippen LogP contribution in [0.2, 0.25) is 0 Å². The molecule has 7 nitrogen and oxygen atoms in total. The van der Waals surface area contributed by atoms with Gasteiger partial charge in [-0.2, -0.15) is 0 Å². The van der Waals surface area contributed by atoms with E-state index in [1.807, 2.05) is 20.8 Å². The Morgan fingerprint density at radius 1 is 1.00 bits per heavy atom. The second kappa shape index (κ2) is 10.8. The summed E-state index contributed by atoms with van der Waals surface area (Å²) in [6.45, 7) is 12.6. The Kier molecular flexibility index (Phi) is 10.2. The van der Waals surface area contributed by atoms with Crippen LogP contribution in [0.3, 0.4) is 0 Å². The number of amides is 1. The maximum Gasteiger partial charge on any atom is 0.303 e. The molecule has 0 aliphatic rings. The van der Waals surface area contributed by atoms with E-state index in [0.29, 0.717) is 6.42 Å². The fourth-order valence-electron chi connectivity index (χ4n) is 2.32. The Hall–Kier alpha value is -1.41. The lowest BCUT2D eigenvalue weighted by Crippen LogP contribution is -2.56. The van der Waals surface area contributed by atoms with Gasteiger partial charge in [0.25, 0.3) is 0 Å². The lowest BCUT2D eigenvalue weighted by Gasteiger charge is -2.30. The maximum absolute atomic E-state index is 12.8. The van der Waals surface area contributed by atoms with Crippen LogP contribution in [0.15, 0.2) is 0 Å². The number of aliphatic carboxylic acids is 1. The highest BCUT2D eigenvalue weighted by Gasteiger charge is 2.33. The highest BCUT2D eigenvalue weighted by Crippen LogP contribution is 2.20. The largest absolute Gasteiger partial charge is 0.481 e. The lowest BCUT2D eigenvalue weighted by atomic mass is 9.87. The number of thioether (sulfide) groups is 1. The average molecular weight is 403 g/mol. The van der Waals surface area contributed by atoms with Gasteiger partial charge in [0.1, 0.15) is 0 Å². The Labute approximate surface area is 166 Å². The van der Waals surface area contributed by atoms with Gasteiger partial charge in [0, 0.05) is 29.5 Å². The minimum atomic E-state index is -0.991. The third-order valence-electron chi connectivity index (χ3n) is 3.64. The number of carboxylic acids is 1. The van der Waals surface area contributed by atoms with Gasteiger partial charge in [0.05, 0.1) is 12.1 Å². The van der Waals surface area contributed by atoms with E-state index in [-0.39, 0.29) is 29.5 Å². The summed E-state index contributed by atoms with van der Waals surface area (Å²) in [7, 11) is 0. The summed E-state index contributed by atoms with van der Waals surface area (Å²) in [5.74, 6) is -1.43. The molecule has 0 aromatic carbocycles. The van der Waals surface area contributed by atoms with Crippen LogP contribution in [-0.2, 0) is 19.2 Å². The first-order valence-electron chi connectivity index (χ1n) is 9.17. The smallest absolute Gasteiger partial charge is 0.303 e. The minimum absolute atomic E-state index is 0.0498. The maximum atomic E-state index is 12.8. The predicted molar refractivity (Wildman–Crippen MR) is 108 cm³/mol. The number of rotatable bonds is 10. The van der Waals surface area contributed by atoms with Crippen LogP contribution in [0.1, 0.15) is 67.7 Å². The molecule has 27 heavy (non-hydrogen) atoms. The molecule has 2 atom stereocenters. The van der Waals surface area contributed by atoms with Crippen LogP contribution in [-0.4, -0.2) is 51.3 Å². The molecular weight excluding hydrogens is 368 g/mol. The van der Waals surface area contributed by atoms with Crippen molar-refractivity contribution in [3.8, 4) is 0 Å². The van der Waals surface area contributed by atoms with Gasteiger partial charge in [-0.05, 0) is 27.2 Å². The number of carbonyl (C=O) groups excluding carboxylic acids is 3. The molecule has 0 aliphatic carbocycles. The summed E-state index contributed by atoms with van der Waals surface area (Å²) >= 11 is 1.03. The van der Waals surface area contributed by atoms with Gasteiger partial charge in [-0.3, -0.25) is 19.2 Å². The van der Waals surface area contributed by atoms with E-state index in [1.54, 1.807) is 27.7 Å². The first kappa shape index (κ1) is 25.6. The zero-order valence-electron chi connectivity index (χ0n) is 17.5. The lowest BCUT2D eigenvalue weighted by molar-refractivity contribution is -0.138. The molecule has 0 unspecified atom stereocenters. The molecular formula is C19H34N2O5S. The number of hydrogen-bond donors (Lipinski definition) is 3. The van der Waals surface area contributed by atoms with Crippen LogP contribution >= 0.6 is 11.8 Å². The Balaban J connectivity index is 5.34. The summed E-state index contributed by atoms with van der Waals surface area (Å²) in [6, 6.07) is -1.56. The molecule has 0 rings (SSSR count). The van der Waals surface area contributed by atoms with E-state index in [4.69, 9.17) is 5.11 Å². The van der Waals surface area contributed by atoms with Gasteiger partial charge in [-0.1, -0.05) is 39.5 Å². The monoisotopic (exact) mass is 402 g/mol. The highest BCUT2D eigenvalue weighted by atomic mass is 32.2. The van der Waals surface area contributed by atoms with Crippen molar-refractivity contribution in [1.82, 2.24) is 10.6 Å². The average Bonchev–Trinajstić information content (AvgIpc) is 2.51. The molecule has 1 amide bonds. The normalized spacial score (nSPS) is 14.3. The van der Waals surface area contributed by atoms with Crippen LogP contribution in [0, 0.1) is 5.41 Å². The third-order valence-corrected chi connectivity index (χ3v) is 4.75. The van der Waals surface area contributed by atoms with Crippen molar-refractivity contribution in [2.24, 2.45) is 5.41 Å². The van der Waals surface area contributed by atoms with Gasteiger partial charge in [-0.15, -0.1) is 0 Å². The zero-order valence-corrected chi connectivity index (χ0v) is 18.3. The Bertz CT molecular complexity index is 549. The van der Waals surface area contributed by atoms with Gasteiger partial charge >= 0.3 is 5.97 Å². The fraction of sp³-hybridized carbons (Fsp3) is 0.789. The van der Waals surface area contributed by atoms with Crippen molar-refractivity contribution in [2.75, 3.05) is 5.75 Å². The van der Waals surface area contributed by atoms with Gasteiger partial charge in [-0.25, -0.2) is 0 Å². The Morgan fingerprint density at radius 3 is 1.96 bits per heavy atom. The fourth-order valence-corrected chi connectivity index (χ4v) is 3.11. The number of hydrogen-bond acceptors (Lipinski definition) is 6. The van der Waals surface area contributed by atoms with Crippen LogP contribution in [0.25, 0.3) is 0 Å². The molecule has 0 fully saturated rings. The molecule has 0 aromatic heterocycles. The molecule has 0 saturated heterocycles. The molecule has 0 radical (unpaired) electrons. The quantitative estimate of drug-likeness (QED) is 0.514. The second-order valence-electron chi connectivity index (χ2n) is 8.59. The van der Waals surface area contributed by atoms with Gasteiger partial charge in [0.15, 0.2) is 10.9 Å². The van der Waals surface area contributed by atoms with E-state index in [1.165, 1.54) is 0 Å². The predicted octanol–water partition coefficient (Wildman–Crippen LogP) is 2.38. The highest BCUT2D eigenvalue weighted by molar-refractivity contribution is 8.13. The Morgan fingerprint density at radius 2 is 1.56 bits per heavy atom. The topological polar surface area (TPSA) is 113 Å². The molecule has 156 valence electrons. The van der Waals surface area contributed by atoms with E-state index >= 15 is 0 Å². The summed E-state index contributed by atoms with van der Waals surface area (Å²) in [4.78, 5) is 48.0. The van der Waals surface area contributed by atoms with Crippen LogP contribution < -0.4 is 10.6 Å². The summed E-state index contributed by atoms with van der Waals surface area (Å²) in [5, 5.41) is 14.7. The third kappa shape index (κ3) is 11.1. The number of carbonyl (C=O) groups is 4. The van der Waals surface area contributed by atoms with E-state index in [0.717, 1.165) is 11.8 Å². The van der Waals surface area contributed by atoms with Gasteiger partial charge in [0.2, 0.25) is 5.91 Å². The molecule has 0 heterocycles. The first-order valence-corrected chi connectivity index (χ1v) is 10.2. The van der Waals surface area contributed by atoms with E-state index < -0.39 is 34.9 Å². The summed E-state index contributed by atoms with van der Waals surface area (Å²) < 4.78 is 0. The standard InChI is InChI=1S/C19H34N2O5S/c1-8-15(24)27-11-13(16(25)18(2,3)4)20-17(26)12(9-10-14(22)23)21-19(5,6)7/h12-13,21H,8-11H2,1-7H3,(H,20,26)(H,22,23)/t12-,13-/m0/s1. The molecule has 0 aromatic rings.